The molecule has 3 N–H and O–H groups in total. The van der Waals surface area contributed by atoms with Gasteiger partial charge in [0.1, 0.15) is 0 Å². The topological polar surface area (TPSA) is 64.4 Å². The molecule has 0 aromatic rings. The van der Waals surface area contributed by atoms with Crippen LogP contribution in [0.1, 0.15) is 40.0 Å². The van der Waals surface area contributed by atoms with Gasteiger partial charge in [-0.05, 0) is 19.8 Å². The summed E-state index contributed by atoms with van der Waals surface area (Å²) in [6.45, 7) is 6.68. The Morgan fingerprint density at radius 2 is 2.25 bits per heavy atom. The lowest BCUT2D eigenvalue weighted by Crippen LogP contribution is -2.65. The molecule has 0 aromatic carbocycles. The third-order valence-corrected chi connectivity index (χ3v) is 3.23. The highest BCUT2D eigenvalue weighted by Gasteiger charge is 2.40. The molecule has 0 spiro atoms. The van der Waals surface area contributed by atoms with Gasteiger partial charge >= 0.3 is 0 Å². The van der Waals surface area contributed by atoms with Gasteiger partial charge in [0.25, 0.3) is 0 Å². The number of ether oxygens (including phenoxy) is 1. The zero-order chi connectivity index (χ0) is 12.1. The minimum absolute atomic E-state index is 0.00626. The Morgan fingerprint density at radius 3 is 2.75 bits per heavy atom. The van der Waals surface area contributed by atoms with Crippen LogP contribution < -0.4 is 11.1 Å². The van der Waals surface area contributed by atoms with Crippen LogP contribution >= 0.6 is 0 Å². The third kappa shape index (κ3) is 3.19. The van der Waals surface area contributed by atoms with E-state index in [1.807, 2.05) is 13.8 Å². The smallest absolute Gasteiger partial charge is 0.223 e. The molecule has 1 aliphatic rings. The van der Waals surface area contributed by atoms with Crippen molar-refractivity contribution >= 4 is 5.91 Å². The fraction of sp³-hybridized carbons (Fsp3) is 0.917. The number of rotatable bonds is 6. The molecule has 1 amide bonds. The Balaban J connectivity index is 2.37. The van der Waals surface area contributed by atoms with Crippen LogP contribution in [-0.4, -0.2) is 30.7 Å². The number of carbonyl (C=O) groups is 1. The van der Waals surface area contributed by atoms with E-state index in [2.05, 4.69) is 12.2 Å². The molecular formula is C12H24N2O2. The van der Waals surface area contributed by atoms with Gasteiger partial charge in [-0.3, -0.25) is 4.79 Å². The summed E-state index contributed by atoms with van der Waals surface area (Å²) in [5.74, 6) is 0.173. The highest BCUT2D eigenvalue weighted by Crippen LogP contribution is 2.23. The van der Waals surface area contributed by atoms with Crippen molar-refractivity contribution in [3.63, 3.8) is 0 Å². The summed E-state index contributed by atoms with van der Waals surface area (Å²) in [4.78, 5) is 11.8. The molecule has 1 saturated carbocycles. The monoisotopic (exact) mass is 228 g/mol. The zero-order valence-corrected chi connectivity index (χ0v) is 10.5. The fourth-order valence-electron chi connectivity index (χ4n) is 2.10. The van der Waals surface area contributed by atoms with Crippen molar-refractivity contribution in [2.45, 2.75) is 58.2 Å². The molecule has 1 fully saturated rings. The van der Waals surface area contributed by atoms with Gasteiger partial charge in [-0.25, -0.2) is 0 Å². The van der Waals surface area contributed by atoms with E-state index >= 15 is 0 Å². The number of hydrogen-bond donors (Lipinski definition) is 2. The normalized spacial score (nSPS) is 30.6. The second-order valence-corrected chi connectivity index (χ2v) is 4.62. The lowest BCUT2D eigenvalue weighted by molar-refractivity contribution is -0.129. The average Bonchev–Trinajstić information content (AvgIpc) is 2.25. The number of nitrogens with one attached hydrogen (secondary N) is 1. The van der Waals surface area contributed by atoms with Crippen LogP contribution in [0.4, 0.5) is 0 Å². The molecule has 16 heavy (non-hydrogen) atoms. The van der Waals surface area contributed by atoms with Gasteiger partial charge in [-0.15, -0.1) is 0 Å². The Bertz CT molecular complexity index is 231. The highest BCUT2D eigenvalue weighted by atomic mass is 16.5. The zero-order valence-electron chi connectivity index (χ0n) is 10.5. The van der Waals surface area contributed by atoms with Gasteiger partial charge in [-0.2, -0.15) is 0 Å². The summed E-state index contributed by atoms with van der Waals surface area (Å²) in [7, 11) is 0. The van der Waals surface area contributed by atoms with E-state index in [1.165, 1.54) is 0 Å². The maximum absolute atomic E-state index is 11.8. The van der Waals surface area contributed by atoms with Crippen LogP contribution in [-0.2, 0) is 9.53 Å². The first kappa shape index (κ1) is 13.5. The first-order valence-electron chi connectivity index (χ1n) is 6.27. The predicted octanol–water partition coefficient (Wildman–Crippen LogP) is 1.04. The molecule has 0 aliphatic heterocycles. The van der Waals surface area contributed by atoms with Gasteiger partial charge in [0.05, 0.1) is 12.1 Å². The Hall–Kier alpha value is -0.610. The highest BCUT2D eigenvalue weighted by molar-refractivity contribution is 5.78. The molecule has 0 saturated heterocycles. The molecule has 1 rings (SSSR count). The van der Waals surface area contributed by atoms with E-state index in [-0.39, 0.29) is 30.0 Å². The largest absolute Gasteiger partial charge is 0.376 e. The Labute approximate surface area is 97.9 Å². The summed E-state index contributed by atoms with van der Waals surface area (Å²) in [6.07, 6.45) is 2.91. The van der Waals surface area contributed by atoms with Crippen molar-refractivity contribution in [3.8, 4) is 0 Å². The van der Waals surface area contributed by atoms with Crippen LogP contribution in [0.15, 0.2) is 0 Å². The predicted molar refractivity (Wildman–Crippen MR) is 64.0 cm³/mol. The minimum atomic E-state index is 0.00626. The van der Waals surface area contributed by atoms with Crippen molar-refractivity contribution in [1.82, 2.24) is 5.32 Å². The van der Waals surface area contributed by atoms with Crippen LogP contribution in [0.5, 0.6) is 0 Å². The van der Waals surface area contributed by atoms with Crippen molar-refractivity contribution in [2.75, 3.05) is 6.61 Å². The van der Waals surface area contributed by atoms with Crippen LogP contribution in [0, 0.1) is 5.92 Å². The van der Waals surface area contributed by atoms with E-state index in [4.69, 9.17) is 10.5 Å². The Kier molecular flexibility index (Phi) is 5.22. The summed E-state index contributed by atoms with van der Waals surface area (Å²) >= 11 is 0. The number of nitrogens with two attached hydrogens (primary N) is 1. The molecule has 1 aliphatic carbocycles. The second-order valence-electron chi connectivity index (χ2n) is 4.62. The molecule has 94 valence electrons. The first-order valence-corrected chi connectivity index (χ1v) is 6.27. The maximum atomic E-state index is 11.8. The molecule has 4 atom stereocenters. The minimum Gasteiger partial charge on any atom is -0.376 e. The van der Waals surface area contributed by atoms with E-state index in [0.717, 1.165) is 19.3 Å². The fourth-order valence-corrected chi connectivity index (χ4v) is 2.10. The van der Waals surface area contributed by atoms with E-state index in [9.17, 15) is 4.79 Å². The number of carbonyl (C=O) groups excluding carboxylic acids is 1. The van der Waals surface area contributed by atoms with Crippen LogP contribution in [0.2, 0.25) is 0 Å². The van der Waals surface area contributed by atoms with E-state index in [1.54, 1.807) is 0 Å². The van der Waals surface area contributed by atoms with Crippen molar-refractivity contribution in [3.05, 3.63) is 0 Å². The summed E-state index contributed by atoms with van der Waals surface area (Å²) < 4.78 is 5.51. The summed E-state index contributed by atoms with van der Waals surface area (Å²) in [5, 5.41) is 3.00. The Morgan fingerprint density at radius 1 is 1.56 bits per heavy atom. The van der Waals surface area contributed by atoms with E-state index < -0.39 is 0 Å². The average molecular weight is 228 g/mol. The second kappa shape index (κ2) is 6.21. The molecule has 0 radical (unpaired) electrons. The first-order chi connectivity index (χ1) is 7.60. The maximum Gasteiger partial charge on any atom is 0.223 e. The molecule has 0 aromatic heterocycles. The molecule has 4 nitrogen and oxygen atoms in total. The standard InChI is InChI=1S/C12H24N2O2/c1-4-6-8(3)12(15)14-11-9(13)7-10(11)16-5-2/h8-11H,4-7,13H2,1-3H3,(H,14,15). The lowest BCUT2D eigenvalue weighted by atomic mass is 9.83. The summed E-state index contributed by atoms with van der Waals surface area (Å²) in [5.41, 5.74) is 5.87. The summed E-state index contributed by atoms with van der Waals surface area (Å²) in [6, 6.07) is 0.0566. The third-order valence-electron chi connectivity index (χ3n) is 3.23. The number of amides is 1. The van der Waals surface area contributed by atoms with Crippen molar-refractivity contribution in [2.24, 2.45) is 11.7 Å². The molecule has 4 unspecified atom stereocenters. The number of hydrogen-bond acceptors (Lipinski definition) is 3. The van der Waals surface area contributed by atoms with Crippen molar-refractivity contribution in [1.29, 1.82) is 0 Å². The molecule has 0 bridgehead atoms. The van der Waals surface area contributed by atoms with Gasteiger partial charge in [0.2, 0.25) is 5.91 Å². The SMILES string of the molecule is CCCC(C)C(=O)NC1C(N)CC1OCC. The lowest BCUT2D eigenvalue weighted by Gasteiger charge is -2.42. The van der Waals surface area contributed by atoms with Gasteiger partial charge in [-0.1, -0.05) is 20.3 Å². The molecule has 4 heteroatoms. The van der Waals surface area contributed by atoms with Gasteiger partial charge < -0.3 is 15.8 Å². The van der Waals surface area contributed by atoms with E-state index in [0.29, 0.717) is 6.61 Å². The van der Waals surface area contributed by atoms with Crippen LogP contribution in [0.3, 0.4) is 0 Å². The van der Waals surface area contributed by atoms with Crippen LogP contribution in [0.25, 0.3) is 0 Å². The molecular weight excluding hydrogens is 204 g/mol. The van der Waals surface area contributed by atoms with Gasteiger partial charge in [0.15, 0.2) is 0 Å². The quantitative estimate of drug-likeness (QED) is 0.714. The van der Waals surface area contributed by atoms with Crippen molar-refractivity contribution < 1.29 is 9.53 Å². The van der Waals surface area contributed by atoms with Gasteiger partial charge in [0, 0.05) is 18.6 Å². The molecule has 0 heterocycles.